The summed E-state index contributed by atoms with van der Waals surface area (Å²) in [5.74, 6) is -0.370. The molecule has 0 aliphatic heterocycles. The number of likely N-dealkylation sites (N-methyl/N-ethyl adjacent to an activating group) is 1. The van der Waals surface area contributed by atoms with Gasteiger partial charge in [-0.25, -0.2) is 8.42 Å². The lowest BCUT2D eigenvalue weighted by molar-refractivity contribution is -0.140. The summed E-state index contributed by atoms with van der Waals surface area (Å²) < 4.78 is 34.5. The Balaban J connectivity index is 1.78. The minimum atomic E-state index is -4.20. The van der Waals surface area contributed by atoms with Crippen molar-refractivity contribution in [1.82, 2.24) is 10.2 Å². The third-order valence-corrected chi connectivity index (χ3v) is 9.18. The van der Waals surface area contributed by atoms with Crippen molar-refractivity contribution in [2.45, 2.75) is 37.8 Å². The maximum Gasteiger partial charge on any atom is 0.264 e. The summed E-state index contributed by atoms with van der Waals surface area (Å²) in [6.07, 6.45) is 0.238. The van der Waals surface area contributed by atoms with Crippen molar-refractivity contribution >= 4 is 39.1 Å². The molecule has 0 unspecified atom stereocenters. The van der Waals surface area contributed by atoms with Crippen LogP contribution in [0.25, 0.3) is 0 Å². The van der Waals surface area contributed by atoms with Crippen LogP contribution in [-0.2, 0) is 32.6 Å². The van der Waals surface area contributed by atoms with Gasteiger partial charge in [-0.05, 0) is 73.5 Å². The summed E-state index contributed by atoms with van der Waals surface area (Å²) in [5, 5.41) is 3.39. The van der Waals surface area contributed by atoms with E-state index in [2.05, 4.69) is 5.32 Å². The number of ether oxygens (including phenoxy) is 1. The maximum absolute atomic E-state index is 14.4. The Morgan fingerprint density at radius 2 is 1.50 bits per heavy atom. The largest absolute Gasteiger partial charge is 0.497 e. The molecule has 0 aromatic heterocycles. The van der Waals surface area contributed by atoms with Crippen molar-refractivity contribution < 1.29 is 22.7 Å². The van der Waals surface area contributed by atoms with Gasteiger partial charge in [-0.3, -0.25) is 13.9 Å². The number of nitrogens with zero attached hydrogens (tertiary/aromatic N) is 2. The lowest BCUT2D eigenvalue weighted by atomic mass is 10.0. The van der Waals surface area contributed by atoms with E-state index in [0.29, 0.717) is 23.0 Å². The highest BCUT2D eigenvalue weighted by atomic mass is 35.5. The third kappa shape index (κ3) is 8.18. The number of benzene rings is 4. The zero-order chi connectivity index (χ0) is 31.7. The van der Waals surface area contributed by atoms with Crippen LogP contribution in [-0.4, -0.2) is 51.4 Å². The van der Waals surface area contributed by atoms with Crippen LogP contribution < -0.4 is 14.4 Å². The molecule has 4 rings (SSSR count). The third-order valence-electron chi connectivity index (χ3n) is 7.14. The van der Waals surface area contributed by atoms with Crippen LogP contribution in [0.4, 0.5) is 5.69 Å². The number of rotatable bonds is 13. The summed E-state index contributed by atoms with van der Waals surface area (Å²) >= 11 is 6.12. The first-order chi connectivity index (χ1) is 21.1. The number of hydrogen-bond donors (Lipinski definition) is 1. The summed E-state index contributed by atoms with van der Waals surface area (Å²) in [7, 11) is -2.71. The number of amides is 2. The van der Waals surface area contributed by atoms with E-state index in [4.69, 9.17) is 16.3 Å². The maximum atomic E-state index is 14.4. The zero-order valence-corrected chi connectivity index (χ0v) is 26.5. The van der Waals surface area contributed by atoms with Gasteiger partial charge in [0.25, 0.3) is 10.0 Å². The van der Waals surface area contributed by atoms with Gasteiger partial charge in [0.15, 0.2) is 0 Å². The lowest BCUT2D eigenvalue weighted by Gasteiger charge is -2.34. The van der Waals surface area contributed by atoms with Crippen molar-refractivity contribution in [2.24, 2.45) is 0 Å². The number of halogens is 1. The first-order valence-corrected chi connectivity index (χ1v) is 16.0. The Morgan fingerprint density at radius 3 is 2.09 bits per heavy atom. The van der Waals surface area contributed by atoms with Crippen LogP contribution >= 0.6 is 11.6 Å². The van der Waals surface area contributed by atoms with Crippen LogP contribution in [0.3, 0.4) is 0 Å². The molecule has 1 N–H and O–H groups in total. The Hall–Kier alpha value is -4.34. The van der Waals surface area contributed by atoms with Crippen molar-refractivity contribution in [1.29, 1.82) is 0 Å². The van der Waals surface area contributed by atoms with Crippen LogP contribution in [0.15, 0.2) is 108 Å². The number of sulfonamides is 1. The second kappa shape index (κ2) is 14.9. The monoisotopic (exact) mass is 633 g/mol. The first-order valence-electron chi connectivity index (χ1n) is 14.2. The van der Waals surface area contributed by atoms with E-state index in [9.17, 15) is 18.0 Å². The van der Waals surface area contributed by atoms with Gasteiger partial charge in [-0.15, -0.1) is 0 Å². The fourth-order valence-corrected chi connectivity index (χ4v) is 6.29. The minimum absolute atomic E-state index is 0.000452. The summed E-state index contributed by atoms with van der Waals surface area (Å²) in [6, 6.07) is 28.4. The molecule has 1 atom stereocenters. The van der Waals surface area contributed by atoms with E-state index < -0.39 is 28.5 Å². The number of carbonyl (C=O) groups excluding carboxylic acids is 2. The zero-order valence-electron chi connectivity index (χ0n) is 24.9. The molecule has 0 fully saturated rings. The molecule has 8 nitrogen and oxygen atoms in total. The van der Waals surface area contributed by atoms with E-state index in [-0.39, 0.29) is 23.8 Å². The first kappa shape index (κ1) is 32.6. The van der Waals surface area contributed by atoms with Gasteiger partial charge in [0, 0.05) is 24.5 Å². The van der Waals surface area contributed by atoms with E-state index in [0.717, 1.165) is 21.0 Å². The number of aryl methyl sites for hydroxylation is 1. The highest BCUT2D eigenvalue weighted by Crippen LogP contribution is 2.27. The summed E-state index contributed by atoms with van der Waals surface area (Å²) in [5.41, 5.74) is 2.86. The van der Waals surface area contributed by atoms with E-state index in [1.54, 1.807) is 60.7 Å². The van der Waals surface area contributed by atoms with Crippen molar-refractivity contribution in [3.05, 3.63) is 125 Å². The quantitative estimate of drug-likeness (QED) is 0.206. The number of anilines is 1. The second-order valence-corrected chi connectivity index (χ2v) is 12.6. The van der Waals surface area contributed by atoms with Crippen LogP contribution in [0, 0.1) is 6.92 Å². The SMILES string of the molecule is CCNC(=O)[C@@H](Cc1ccccc1)N(Cc1ccc(Cl)cc1)C(=O)CN(c1ccc(C)cc1)S(=O)(=O)c1ccc(OC)cc1. The molecular formula is C34H36ClN3O5S. The van der Waals surface area contributed by atoms with Crippen molar-refractivity contribution in [3.63, 3.8) is 0 Å². The Labute approximate surface area is 264 Å². The van der Waals surface area contributed by atoms with Gasteiger partial charge in [0.05, 0.1) is 17.7 Å². The van der Waals surface area contributed by atoms with Gasteiger partial charge < -0.3 is 15.0 Å². The van der Waals surface area contributed by atoms with E-state index in [1.165, 1.54) is 24.1 Å². The molecule has 0 aliphatic rings. The highest BCUT2D eigenvalue weighted by molar-refractivity contribution is 7.92. The Morgan fingerprint density at radius 1 is 0.864 bits per heavy atom. The van der Waals surface area contributed by atoms with Gasteiger partial charge in [0.2, 0.25) is 11.8 Å². The van der Waals surface area contributed by atoms with Gasteiger partial charge in [-0.2, -0.15) is 0 Å². The molecule has 0 bridgehead atoms. The average molecular weight is 634 g/mol. The van der Waals surface area contributed by atoms with Crippen LogP contribution in [0.5, 0.6) is 5.75 Å². The number of hydrogen-bond acceptors (Lipinski definition) is 5. The van der Waals surface area contributed by atoms with E-state index >= 15 is 0 Å². The molecule has 0 radical (unpaired) electrons. The molecule has 0 saturated carbocycles. The molecule has 0 saturated heterocycles. The Kier molecular flexibility index (Phi) is 11.0. The standard InChI is InChI=1S/C34H36ClN3O5S/c1-4-36-34(40)32(22-26-8-6-5-7-9-26)37(23-27-12-14-28(35)15-13-27)33(39)24-38(29-16-10-25(2)11-17-29)44(41,42)31-20-18-30(43-3)19-21-31/h5-21,32H,4,22-24H2,1-3H3,(H,36,40)/t32-/m1/s1. The molecule has 4 aromatic carbocycles. The summed E-state index contributed by atoms with van der Waals surface area (Å²) in [6.45, 7) is 3.61. The van der Waals surface area contributed by atoms with Crippen molar-refractivity contribution in [2.75, 3.05) is 24.5 Å². The second-order valence-electron chi connectivity index (χ2n) is 10.3. The molecule has 4 aromatic rings. The lowest BCUT2D eigenvalue weighted by Crippen LogP contribution is -2.53. The smallest absolute Gasteiger partial charge is 0.264 e. The average Bonchev–Trinajstić information content (AvgIpc) is 3.03. The fourth-order valence-electron chi connectivity index (χ4n) is 4.75. The number of nitrogens with one attached hydrogen (secondary N) is 1. The molecule has 0 heterocycles. The highest BCUT2D eigenvalue weighted by Gasteiger charge is 2.34. The van der Waals surface area contributed by atoms with Crippen LogP contribution in [0.1, 0.15) is 23.6 Å². The molecule has 0 aliphatic carbocycles. The topological polar surface area (TPSA) is 96.0 Å². The van der Waals surface area contributed by atoms with Gasteiger partial charge >= 0.3 is 0 Å². The molecule has 44 heavy (non-hydrogen) atoms. The number of carbonyl (C=O) groups is 2. The fraction of sp³-hybridized carbons (Fsp3) is 0.235. The van der Waals surface area contributed by atoms with Crippen LogP contribution in [0.2, 0.25) is 5.02 Å². The van der Waals surface area contributed by atoms with Crippen molar-refractivity contribution in [3.8, 4) is 5.75 Å². The van der Waals surface area contributed by atoms with Gasteiger partial charge in [-0.1, -0.05) is 71.8 Å². The molecule has 0 spiro atoms. The molecule has 2 amide bonds. The minimum Gasteiger partial charge on any atom is -0.497 e. The normalized spacial score (nSPS) is 11.8. The molecule has 10 heteroatoms. The predicted molar refractivity (Wildman–Crippen MR) is 173 cm³/mol. The molecular weight excluding hydrogens is 598 g/mol. The summed E-state index contributed by atoms with van der Waals surface area (Å²) in [4.78, 5) is 29.4. The van der Waals surface area contributed by atoms with E-state index in [1.807, 2.05) is 44.2 Å². The molecule has 230 valence electrons. The number of methoxy groups -OCH3 is 1. The van der Waals surface area contributed by atoms with Gasteiger partial charge in [0.1, 0.15) is 18.3 Å². The Bertz CT molecular complexity index is 1650. The predicted octanol–water partition coefficient (Wildman–Crippen LogP) is 5.63.